The van der Waals surface area contributed by atoms with Gasteiger partial charge in [-0.05, 0) is 39.5 Å². The van der Waals surface area contributed by atoms with E-state index in [1.54, 1.807) is 25.7 Å². The highest BCUT2D eigenvalue weighted by atomic mass is 16.6. The molecule has 2 aliphatic rings. The number of ether oxygens (including phenoxy) is 2. The Morgan fingerprint density at radius 3 is 2.44 bits per heavy atom. The first kappa shape index (κ1) is 19.5. The van der Waals surface area contributed by atoms with Gasteiger partial charge >= 0.3 is 12.1 Å². The molecule has 2 aliphatic heterocycles. The van der Waals surface area contributed by atoms with Crippen LogP contribution in [0.4, 0.5) is 4.79 Å². The molecule has 0 saturated carbocycles. The number of fused-ring (bicyclic) bond motifs is 1. The number of nitrogens with zero attached hydrogens (tertiary/aromatic N) is 2. The minimum Gasteiger partial charge on any atom is -0.467 e. The van der Waals surface area contributed by atoms with Crippen molar-refractivity contribution < 1.29 is 23.9 Å². The van der Waals surface area contributed by atoms with E-state index in [4.69, 9.17) is 9.47 Å². The van der Waals surface area contributed by atoms with E-state index in [0.29, 0.717) is 19.5 Å². The molecule has 0 aromatic carbocycles. The van der Waals surface area contributed by atoms with Crippen LogP contribution in [0.15, 0.2) is 0 Å². The lowest BCUT2D eigenvalue weighted by molar-refractivity contribution is -0.152. The zero-order valence-electron chi connectivity index (χ0n) is 16.1. The Kier molecular flexibility index (Phi) is 5.64. The maximum atomic E-state index is 13.0. The molecule has 2 saturated heterocycles. The van der Waals surface area contributed by atoms with Crippen molar-refractivity contribution in [2.75, 3.05) is 20.2 Å². The van der Waals surface area contributed by atoms with Crippen molar-refractivity contribution in [1.82, 2.24) is 9.80 Å². The Hall–Kier alpha value is -1.79. The van der Waals surface area contributed by atoms with Gasteiger partial charge in [0.2, 0.25) is 5.91 Å². The van der Waals surface area contributed by atoms with E-state index < -0.39 is 29.7 Å². The van der Waals surface area contributed by atoms with Crippen LogP contribution in [0.1, 0.15) is 47.5 Å². The lowest BCUT2D eigenvalue weighted by atomic mass is 10.0. The average Bonchev–Trinajstić information content (AvgIpc) is 3.03. The van der Waals surface area contributed by atoms with Crippen LogP contribution in [-0.2, 0) is 19.1 Å². The molecule has 7 nitrogen and oxygen atoms in total. The number of amides is 2. The van der Waals surface area contributed by atoms with Crippen LogP contribution in [0.25, 0.3) is 0 Å². The second-order valence-electron chi connectivity index (χ2n) is 8.33. The van der Waals surface area contributed by atoms with Gasteiger partial charge < -0.3 is 14.4 Å². The third-order valence-corrected chi connectivity index (χ3v) is 4.66. The van der Waals surface area contributed by atoms with E-state index in [-0.39, 0.29) is 17.7 Å². The molecule has 0 unspecified atom stereocenters. The Balaban J connectivity index is 2.16. The number of rotatable bonds is 4. The molecule has 142 valence electrons. The molecule has 0 N–H and O–H groups in total. The first-order valence-corrected chi connectivity index (χ1v) is 8.93. The topological polar surface area (TPSA) is 76.2 Å². The molecule has 0 spiro atoms. The van der Waals surface area contributed by atoms with Crippen molar-refractivity contribution in [2.45, 2.75) is 65.1 Å². The molecule has 0 radical (unpaired) electrons. The number of methoxy groups -OCH3 is 1. The van der Waals surface area contributed by atoms with Crippen molar-refractivity contribution >= 4 is 18.0 Å². The summed E-state index contributed by atoms with van der Waals surface area (Å²) in [6.07, 6.45) is 0.820. The molecule has 0 bridgehead atoms. The van der Waals surface area contributed by atoms with Crippen molar-refractivity contribution in [1.29, 1.82) is 0 Å². The van der Waals surface area contributed by atoms with Crippen LogP contribution in [0.3, 0.4) is 0 Å². The summed E-state index contributed by atoms with van der Waals surface area (Å²) in [5.74, 6) is -0.283. The molecule has 0 aliphatic carbocycles. The smallest absolute Gasteiger partial charge is 0.410 e. The SMILES string of the molecule is COC(=O)[C@H](CC(C)C)N1C[C@H]2CCN(C(=O)OC(C)(C)C)[C@H]2C1=O. The van der Waals surface area contributed by atoms with Crippen molar-refractivity contribution in [2.24, 2.45) is 11.8 Å². The first-order chi connectivity index (χ1) is 11.5. The predicted octanol–water partition coefficient (Wildman–Crippen LogP) is 2.04. The highest BCUT2D eigenvalue weighted by Gasteiger charge is 2.53. The molecule has 2 heterocycles. The molecule has 0 aromatic rings. The third-order valence-electron chi connectivity index (χ3n) is 4.66. The van der Waals surface area contributed by atoms with Gasteiger partial charge in [-0.15, -0.1) is 0 Å². The molecule has 3 atom stereocenters. The summed E-state index contributed by atoms with van der Waals surface area (Å²) in [6.45, 7) is 10.4. The summed E-state index contributed by atoms with van der Waals surface area (Å²) in [4.78, 5) is 40.7. The van der Waals surface area contributed by atoms with Crippen molar-refractivity contribution in [3.8, 4) is 0 Å². The zero-order valence-corrected chi connectivity index (χ0v) is 16.1. The maximum Gasteiger partial charge on any atom is 0.410 e. The number of carbonyl (C=O) groups excluding carboxylic acids is 3. The second kappa shape index (κ2) is 7.22. The minimum absolute atomic E-state index is 0.0411. The summed E-state index contributed by atoms with van der Waals surface area (Å²) in [5, 5.41) is 0. The summed E-state index contributed by atoms with van der Waals surface area (Å²) in [7, 11) is 1.34. The van der Waals surface area contributed by atoms with Gasteiger partial charge in [0.25, 0.3) is 0 Å². The molecule has 0 aromatic heterocycles. The van der Waals surface area contributed by atoms with Crippen LogP contribution in [0.5, 0.6) is 0 Å². The zero-order chi connectivity index (χ0) is 18.9. The number of carbonyl (C=O) groups is 3. The van der Waals surface area contributed by atoms with E-state index in [1.807, 2.05) is 13.8 Å². The summed E-state index contributed by atoms with van der Waals surface area (Å²) < 4.78 is 10.3. The fourth-order valence-corrected chi connectivity index (χ4v) is 3.63. The van der Waals surface area contributed by atoms with Gasteiger partial charge in [0.05, 0.1) is 7.11 Å². The molecular formula is C18H30N2O5. The monoisotopic (exact) mass is 354 g/mol. The normalized spacial score (nSPS) is 24.5. The molecule has 2 amide bonds. The Bertz CT molecular complexity index is 540. The quantitative estimate of drug-likeness (QED) is 0.722. The Morgan fingerprint density at radius 2 is 1.92 bits per heavy atom. The summed E-state index contributed by atoms with van der Waals surface area (Å²) in [6, 6.07) is -1.13. The standard InChI is InChI=1S/C18H30N2O5/c1-11(2)9-13(16(22)24-6)20-10-12-7-8-19(14(12)15(20)21)17(23)25-18(3,4)5/h11-14H,7-10H2,1-6H3/t12-,13+,14-/m1/s1. The largest absolute Gasteiger partial charge is 0.467 e. The van der Waals surface area contributed by atoms with Crippen LogP contribution >= 0.6 is 0 Å². The molecule has 7 heteroatoms. The van der Waals surface area contributed by atoms with E-state index >= 15 is 0 Å². The van der Waals surface area contributed by atoms with Gasteiger partial charge in [-0.25, -0.2) is 9.59 Å². The molecular weight excluding hydrogens is 324 g/mol. The molecule has 2 fully saturated rings. The lowest BCUT2D eigenvalue weighted by Gasteiger charge is -2.30. The van der Waals surface area contributed by atoms with Gasteiger partial charge in [-0.2, -0.15) is 0 Å². The number of likely N-dealkylation sites (tertiary alicyclic amines) is 2. The van der Waals surface area contributed by atoms with E-state index in [9.17, 15) is 14.4 Å². The van der Waals surface area contributed by atoms with Gasteiger partial charge in [-0.3, -0.25) is 9.69 Å². The minimum atomic E-state index is -0.608. The molecule has 2 rings (SSSR count). The second-order valence-corrected chi connectivity index (χ2v) is 8.33. The van der Waals surface area contributed by atoms with Crippen molar-refractivity contribution in [3.05, 3.63) is 0 Å². The first-order valence-electron chi connectivity index (χ1n) is 8.93. The van der Waals surface area contributed by atoms with Crippen LogP contribution in [-0.4, -0.2) is 65.7 Å². The van der Waals surface area contributed by atoms with Crippen molar-refractivity contribution in [3.63, 3.8) is 0 Å². The average molecular weight is 354 g/mol. The van der Waals surface area contributed by atoms with Crippen LogP contribution < -0.4 is 0 Å². The Morgan fingerprint density at radius 1 is 1.28 bits per heavy atom. The number of hydrogen-bond acceptors (Lipinski definition) is 5. The fourth-order valence-electron chi connectivity index (χ4n) is 3.63. The molecule has 25 heavy (non-hydrogen) atoms. The maximum absolute atomic E-state index is 13.0. The van der Waals surface area contributed by atoms with Gasteiger partial charge in [0.1, 0.15) is 17.7 Å². The van der Waals surface area contributed by atoms with Crippen LogP contribution in [0, 0.1) is 11.8 Å². The fraction of sp³-hybridized carbons (Fsp3) is 0.833. The van der Waals surface area contributed by atoms with E-state index in [1.165, 1.54) is 12.0 Å². The van der Waals surface area contributed by atoms with Gasteiger partial charge in [0.15, 0.2) is 0 Å². The Labute approximate surface area is 149 Å². The van der Waals surface area contributed by atoms with E-state index in [0.717, 1.165) is 6.42 Å². The van der Waals surface area contributed by atoms with E-state index in [2.05, 4.69) is 0 Å². The van der Waals surface area contributed by atoms with Gasteiger partial charge in [0, 0.05) is 19.0 Å². The number of esters is 1. The summed E-state index contributed by atoms with van der Waals surface area (Å²) in [5.41, 5.74) is -0.608. The van der Waals surface area contributed by atoms with Crippen LogP contribution in [0.2, 0.25) is 0 Å². The highest BCUT2D eigenvalue weighted by Crippen LogP contribution is 2.35. The predicted molar refractivity (Wildman–Crippen MR) is 91.8 cm³/mol. The third kappa shape index (κ3) is 4.25. The number of hydrogen-bond donors (Lipinski definition) is 0. The lowest BCUT2D eigenvalue weighted by Crippen LogP contribution is -2.49. The summed E-state index contributed by atoms with van der Waals surface area (Å²) >= 11 is 0. The van der Waals surface area contributed by atoms with Gasteiger partial charge in [-0.1, -0.05) is 13.8 Å². The highest BCUT2D eigenvalue weighted by molar-refractivity contribution is 5.92.